The van der Waals surface area contributed by atoms with Crippen LogP contribution in [-0.4, -0.2) is 29.2 Å². The Labute approximate surface area is 175 Å². The molecule has 2 N–H and O–H groups in total. The number of carbonyl (C=O) groups is 1. The highest BCUT2D eigenvalue weighted by molar-refractivity contribution is 6.32. The summed E-state index contributed by atoms with van der Waals surface area (Å²) in [5.74, 6) is -2.20. The molecule has 1 saturated carbocycles. The summed E-state index contributed by atoms with van der Waals surface area (Å²) in [5.41, 5.74) is 5.58. The molecule has 0 aromatic heterocycles. The van der Waals surface area contributed by atoms with Crippen LogP contribution in [0.4, 0.5) is 13.2 Å². The van der Waals surface area contributed by atoms with E-state index in [0.717, 1.165) is 0 Å². The molecule has 3 rings (SSSR count). The Bertz CT molecular complexity index is 971. The molecular formula is C21H18ClF3O5. The molecule has 2 aliphatic carbocycles. The molecule has 2 aliphatic rings. The third kappa shape index (κ3) is 5.49. The summed E-state index contributed by atoms with van der Waals surface area (Å²) < 4.78 is 46.8. The number of ether oxygens (including phenoxy) is 2. The molecule has 5 nitrogen and oxygen atoms in total. The average molecular weight is 443 g/mol. The van der Waals surface area contributed by atoms with Crippen molar-refractivity contribution in [1.82, 2.24) is 0 Å². The van der Waals surface area contributed by atoms with Crippen LogP contribution in [0.25, 0.3) is 0 Å². The fourth-order valence-electron chi connectivity index (χ4n) is 3.11. The van der Waals surface area contributed by atoms with Crippen molar-refractivity contribution in [2.24, 2.45) is 17.8 Å². The number of aliphatic hydroxyl groups is 1. The van der Waals surface area contributed by atoms with Gasteiger partial charge in [-0.2, -0.15) is 0 Å². The summed E-state index contributed by atoms with van der Waals surface area (Å²) >= 11 is 6.06. The van der Waals surface area contributed by atoms with Crippen molar-refractivity contribution >= 4 is 17.6 Å². The summed E-state index contributed by atoms with van der Waals surface area (Å²) in [6.45, 7) is 1.69. The Balaban J connectivity index is 1.60. The van der Waals surface area contributed by atoms with Crippen LogP contribution in [0.3, 0.4) is 0 Å². The zero-order valence-corrected chi connectivity index (χ0v) is 16.5. The van der Waals surface area contributed by atoms with Crippen LogP contribution < -0.4 is 4.74 Å². The number of hydrogen-bond acceptors (Lipinski definition) is 4. The maximum Gasteiger partial charge on any atom is 0.573 e. The monoisotopic (exact) mass is 442 g/mol. The van der Waals surface area contributed by atoms with Crippen molar-refractivity contribution in [3.8, 4) is 5.75 Å². The van der Waals surface area contributed by atoms with Crippen LogP contribution in [0, 0.1) is 17.8 Å². The van der Waals surface area contributed by atoms with Crippen LogP contribution in [-0.2, 0) is 9.53 Å². The lowest BCUT2D eigenvalue weighted by molar-refractivity contribution is -0.303. The lowest BCUT2D eigenvalue weighted by atomic mass is 9.97. The molecule has 0 heterocycles. The van der Waals surface area contributed by atoms with E-state index >= 15 is 0 Å². The highest BCUT2D eigenvalue weighted by Crippen LogP contribution is 2.48. The first-order valence-electron chi connectivity index (χ1n) is 9.08. The molecule has 0 unspecified atom stereocenters. The van der Waals surface area contributed by atoms with Crippen molar-refractivity contribution in [2.75, 3.05) is 6.61 Å². The number of allylic oxidation sites excluding steroid dienone is 3. The number of halogens is 4. The van der Waals surface area contributed by atoms with E-state index in [0.29, 0.717) is 23.3 Å². The largest absolute Gasteiger partial charge is 0.573 e. The Hall–Kier alpha value is -2.63. The number of hydrogen-bond donors (Lipinski definition) is 2. The SMILES string of the molecule is C[C@H](C(=O)O)[C@@H](O)c1cccc(OC[C@H]2C[C@@H]2C2=CC(OC(F)(F)F)=C=C=C2Cl)c1. The second kappa shape index (κ2) is 8.62. The highest BCUT2D eigenvalue weighted by Gasteiger charge is 2.42. The topological polar surface area (TPSA) is 76.0 Å². The van der Waals surface area contributed by atoms with E-state index in [1.54, 1.807) is 24.3 Å². The quantitative estimate of drug-likeness (QED) is 0.571. The third-order valence-corrected chi connectivity index (χ3v) is 5.22. The smallest absolute Gasteiger partial charge is 0.493 e. The summed E-state index contributed by atoms with van der Waals surface area (Å²) in [5, 5.41) is 19.4. The summed E-state index contributed by atoms with van der Waals surface area (Å²) in [6.07, 6.45) is -4.13. The number of alkyl halides is 3. The molecule has 4 atom stereocenters. The number of carboxylic acid groups (broad SMARTS) is 1. The Morgan fingerprint density at radius 2 is 2.10 bits per heavy atom. The lowest BCUT2D eigenvalue weighted by Gasteiger charge is -2.16. The van der Waals surface area contributed by atoms with Gasteiger partial charge in [-0.1, -0.05) is 23.7 Å². The van der Waals surface area contributed by atoms with Gasteiger partial charge in [-0.05, 0) is 60.1 Å². The predicted molar refractivity (Wildman–Crippen MR) is 100 cm³/mol. The van der Waals surface area contributed by atoms with Gasteiger partial charge in [0, 0.05) is 5.92 Å². The van der Waals surface area contributed by atoms with Crippen LogP contribution in [0.2, 0.25) is 0 Å². The summed E-state index contributed by atoms with van der Waals surface area (Å²) in [4.78, 5) is 11.0. The minimum Gasteiger partial charge on any atom is -0.493 e. The van der Waals surface area contributed by atoms with E-state index in [9.17, 15) is 23.1 Å². The van der Waals surface area contributed by atoms with Crippen LogP contribution in [0.15, 0.2) is 58.2 Å². The lowest BCUT2D eigenvalue weighted by Crippen LogP contribution is -2.18. The fourth-order valence-corrected chi connectivity index (χ4v) is 3.35. The maximum absolute atomic E-state index is 12.4. The first-order valence-corrected chi connectivity index (χ1v) is 9.45. The number of aliphatic hydroxyl groups excluding tert-OH is 1. The van der Waals surface area contributed by atoms with Gasteiger partial charge in [-0.3, -0.25) is 4.79 Å². The number of carboxylic acids is 1. The van der Waals surface area contributed by atoms with Crippen LogP contribution >= 0.6 is 11.6 Å². The third-order valence-electron chi connectivity index (χ3n) is 4.91. The Morgan fingerprint density at radius 3 is 2.77 bits per heavy atom. The van der Waals surface area contributed by atoms with E-state index in [4.69, 9.17) is 21.4 Å². The molecule has 160 valence electrons. The zero-order chi connectivity index (χ0) is 22.1. The molecule has 0 bridgehead atoms. The van der Waals surface area contributed by atoms with Crippen molar-refractivity contribution in [1.29, 1.82) is 0 Å². The van der Waals surface area contributed by atoms with Gasteiger partial charge in [0.15, 0.2) is 5.76 Å². The second-order valence-corrected chi connectivity index (χ2v) is 7.51. The molecule has 1 fully saturated rings. The highest BCUT2D eigenvalue weighted by atomic mass is 35.5. The molecule has 9 heteroatoms. The van der Waals surface area contributed by atoms with Crippen molar-refractivity contribution in [3.63, 3.8) is 0 Å². The standard InChI is InChI=1S/C21H18ClF3O5/c1-11(20(27)28)19(26)12-3-2-4-14(7-12)29-10-13-8-16(13)17-9-15(5-6-18(17)22)30-21(23,24)25/h2-4,7,9,11,13,16,19,26H,8,10H2,1H3,(H,27,28)/t11-,13+,16-,19+/m0/s1. The van der Waals surface area contributed by atoms with E-state index in [1.807, 2.05) is 0 Å². The Kier molecular flexibility index (Phi) is 6.34. The second-order valence-electron chi connectivity index (χ2n) is 7.13. The van der Waals surface area contributed by atoms with Gasteiger partial charge in [0.25, 0.3) is 0 Å². The Morgan fingerprint density at radius 1 is 1.37 bits per heavy atom. The summed E-state index contributed by atoms with van der Waals surface area (Å²) in [7, 11) is 0. The van der Waals surface area contributed by atoms with Crippen molar-refractivity contribution in [3.05, 3.63) is 63.7 Å². The number of rotatable bonds is 8. The van der Waals surface area contributed by atoms with Gasteiger partial charge >= 0.3 is 12.3 Å². The van der Waals surface area contributed by atoms with E-state index in [2.05, 4.69) is 16.2 Å². The normalized spacial score (nSPS) is 22.4. The van der Waals surface area contributed by atoms with E-state index in [-0.39, 0.29) is 23.5 Å². The number of benzene rings is 1. The molecule has 1 aromatic rings. The van der Waals surface area contributed by atoms with Gasteiger partial charge in [-0.25, -0.2) is 0 Å². The van der Waals surface area contributed by atoms with Crippen molar-refractivity contribution in [2.45, 2.75) is 25.8 Å². The fraction of sp³-hybridized carbons (Fsp3) is 0.381. The minimum absolute atomic E-state index is 0.0311. The zero-order valence-electron chi connectivity index (χ0n) is 15.7. The first-order chi connectivity index (χ1) is 14.0. The van der Waals surface area contributed by atoms with Gasteiger partial charge in [0.1, 0.15) is 5.75 Å². The van der Waals surface area contributed by atoms with Gasteiger partial charge < -0.3 is 19.7 Å². The molecule has 0 spiro atoms. The molecule has 0 amide bonds. The maximum atomic E-state index is 12.4. The minimum atomic E-state index is -4.82. The molecule has 0 aliphatic heterocycles. The van der Waals surface area contributed by atoms with E-state index < -0.39 is 30.1 Å². The first kappa shape index (κ1) is 22.1. The molecule has 1 aromatic carbocycles. The van der Waals surface area contributed by atoms with Gasteiger partial charge in [-0.15, -0.1) is 13.2 Å². The molecule has 0 radical (unpaired) electrons. The van der Waals surface area contributed by atoms with Crippen LogP contribution in [0.1, 0.15) is 25.0 Å². The van der Waals surface area contributed by atoms with Gasteiger partial charge in [0.05, 0.1) is 23.7 Å². The molecule has 0 saturated heterocycles. The molecule has 30 heavy (non-hydrogen) atoms. The van der Waals surface area contributed by atoms with Crippen LogP contribution in [0.5, 0.6) is 5.75 Å². The van der Waals surface area contributed by atoms with Gasteiger partial charge in [0.2, 0.25) is 0 Å². The molecular weight excluding hydrogens is 425 g/mol. The average Bonchev–Trinajstić information content (AvgIpc) is 3.45. The van der Waals surface area contributed by atoms with Crippen molar-refractivity contribution < 1.29 is 37.7 Å². The predicted octanol–water partition coefficient (Wildman–Crippen LogP) is 4.69. The summed E-state index contributed by atoms with van der Waals surface area (Å²) in [6, 6.07) is 6.49. The van der Waals surface area contributed by atoms with E-state index in [1.165, 1.54) is 13.0 Å². The number of aliphatic carboxylic acids is 1.